The molecule has 2 N–H and O–H groups in total. The van der Waals surface area contributed by atoms with Gasteiger partial charge in [-0.1, -0.05) is 17.7 Å². The number of fused-ring (bicyclic) bond motifs is 1. The maximum absolute atomic E-state index is 11.5. The fraction of sp³-hybridized carbons (Fsp3) is 0.167. The number of benzene rings is 1. The molecule has 0 spiro atoms. The number of carbonyl (C=O) groups excluding carboxylic acids is 1. The van der Waals surface area contributed by atoms with Gasteiger partial charge in [-0.3, -0.25) is 9.78 Å². The Morgan fingerprint density at radius 1 is 1.47 bits per heavy atom. The molecule has 0 radical (unpaired) electrons. The van der Waals surface area contributed by atoms with Gasteiger partial charge in [0, 0.05) is 16.6 Å². The quantitative estimate of drug-likeness (QED) is 0.875. The first-order valence-electron chi connectivity index (χ1n) is 5.19. The SMILES string of the molecule is CNCC(=O)Nc1cc(Cl)cc2cccnc12. The van der Waals surface area contributed by atoms with Gasteiger partial charge < -0.3 is 10.6 Å². The van der Waals surface area contributed by atoms with Crippen LogP contribution in [0.4, 0.5) is 5.69 Å². The van der Waals surface area contributed by atoms with Crippen LogP contribution in [0.2, 0.25) is 5.02 Å². The van der Waals surface area contributed by atoms with E-state index in [2.05, 4.69) is 15.6 Å². The van der Waals surface area contributed by atoms with Gasteiger partial charge in [0.2, 0.25) is 5.91 Å². The van der Waals surface area contributed by atoms with E-state index >= 15 is 0 Å². The lowest BCUT2D eigenvalue weighted by atomic mass is 10.2. The monoisotopic (exact) mass is 249 g/mol. The third-order valence-electron chi connectivity index (χ3n) is 2.28. The summed E-state index contributed by atoms with van der Waals surface area (Å²) >= 11 is 5.99. The molecule has 4 nitrogen and oxygen atoms in total. The summed E-state index contributed by atoms with van der Waals surface area (Å²) in [5.74, 6) is -0.123. The van der Waals surface area contributed by atoms with Crippen LogP contribution in [0.15, 0.2) is 30.5 Å². The van der Waals surface area contributed by atoms with Crippen molar-refractivity contribution in [3.05, 3.63) is 35.5 Å². The number of carbonyl (C=O) groups is 1. The molecule has 2 rings (SSSR count). The summed E-state index contributed by atoms with van der Waals surface area (Å²) in [4.78, 5) is 15.8. The minimum Gasteiger partial charge on any atom is -0.323 e. The number of aromatic nitrogens is 1. The largest absolute Gasteiger partial charge is 0.323 e. The molecule has 0 saturated carbocycles. The molecule has 0 aliphatic heterocycles. The molecular weight excluding hydrogens is 238 g/mol. The zero-order valence-electron chi connectivity index (χ0n) is 9.33. The number of nitrogens with zero attached hydrogens (tertiary/aromatic N) is 1. The first kappa shape index (κ1) is 11.8. The summed E-state index contributed by atoms with van der Waals surface area (Å²) in [6, 6.07) is 7.25. The fourth-order valence-electron chi connectivity index (χ4n) is 1.61. The summed E-state index contributed by atoms with van der Waals surface area (Å²) in [6.45, 7) is 0.251. The van der Waals surface area contributed by atoms with E-state index in [1.54, 1.807) is 19.3 Å². The van der Waals surface area contributed by atoms with Gasteiger partial charge in [-0.15, -0.1) is 0 Å². The van der Waals surface area contributed by atoms with Crippen molar-refractivity contribution in [2.75, 3.05) is 18.9 Å². The summed E-state index contributed by atoms with van der Waals surface area (Å²) < 4.78 is 0. The highest BCUT2D eigenvalue weighted by Gasteiger charge is 2.07. The van der Waals surface area contributed by atoms with E-state index in [9.17, 15) is 4.79 Å². The normalized spacial score (nSPS) is 10.5. The molecule has 0 bridgehead atoms. The fourth-order valence-corrected chi connectivity index (χ4v) is 1.83. The molecule has 0 saturated heterocycles. The average Bonchev–Trinajstić information content (AvgIpc) is 2.29. The van der Waals surface area contributed by atoms with Crippen LogP contribution in [0.5, 0.6) is 0 Å². The van der Waals surface area contributed by atoms with Gasteiger partial charge in [0.1, 0.15) is 0 Å². The summed E-state index contributed by atoms with van der Waals surface area (Å²) in [5.41, 5.74) is 1.37. The van der Waals surface area contributed by atoms with Gasteiger partial charge in [0.15, 0.2) is 0 Å². The third kappa shape index (κ3) is 2.72. The van der Waals surface area contributed by atoms with Crippen LogP contribution in [0.1, 0.15) is 0 Å². The minimum absolute atomic E-state index is 0.123. The second-order valence-corrected chi connectivity index (χ2v) is 4.04. The standard InChI is InChI=1S/C12H12ClN3O/c1-14-7-11(17)16-10-6-9(13)5-8-3-2-4-15-12(8)10/h2-6,14H,7H2,1H3,(H,16,17). The first-order chi connectivity index (χ1) is 8.20. The number of likely N-dealkylation sites (N-methyl/N-ethyl adjacent to an activating group) is 1. The number of anilines is 1. The third-order valence-corrected chi connectivity index (χ3v) is 2.50. The summed E-state index contributed by atoms with van der Waals surface area (Å²) in [5, 5.41) is 7.04. The summed E-state index contributed by atoms with van der Waals surface area (Å²) in [6.07, 6.45) is 1.68. The van der Waals surface area contributed by atoms with Crippen LogP contribution in [0, 0.1) is 0 Å². The Morgan fingerprint density at radius 3 is 3.06 bits per heavy atom. The Labute approximate surface area is 104 Å². The van der Waals surface area contributed by atoms with Gasteiger partial charge in [-0.05, 0) is 25.2 Å². The molecule has 5 heteroatoms. The molecule has 1 heterocycles. The van der Waals surface area contributed by atoms with Crippen LogP contribution in [-0.2, 0) is 4.79 Å². The average molecular weight is 250 g/mol. The van der Waals surface area contributed by atoms with Crippen LogP contribution in [0.25, 0.3) is 10.9 Å². The van der Waals surface area contributed by atoms with Gasteiger partial charge in [0.05, 0.1) is 17.7 Å². The lowest BCUT2D eigenvalue weighted by Gasteiger charge is -2.08. The van der Waals surface area contributed by atoms with E-state index < -0.39 is 0 Å². The summed E-state index contributed by atoms with van der Waals surface area (Å²) in [7, 11) is 1.72. The maximum atomic E-state index is 11.5. The zero-order valence-corrected chi connectivity index (χ0v) is 10.1. The van der Waals surface area contributed by atoms with Crippen molar-refractivity contribution in [1.82, 2.24) is 10.3 Å². The van der Waals surface area contributed by atoms with Crippen molar-refractivity contribution in [3.63, 3.8) is 0 Å². The Hall–Kier alpha value is -1.65. The lowest BCUT2D eigenvalue weighted by Crippen LogP contribution is -2.25. The van der Waals surface area contributed by atoms with Gasteiger partial charge >= 0.3 is 0 Å². The Morgan fingerprint density at radius 2 is 2.29 bits per heavy atom. The van der Waals surface area contributed by atoms with Crippen molar-refractivity contribution in [2.24, 2.45) is 0 Å². The van der Waals surface area contributed by atoms with E-state index in [1.807, 2.05) is 18.2 Å². The van der Waals surface area contributed by atoms with Gasteiger partial charge in [-0.25, -0.2) is 0 Å². The molecule has 0 fully saturated rings. The van der Waals surface area contributed by atoms with Crippen molar-refractivity contribution in [1.29, 1.82) is 0 Å². The van der Waals surface area contributed by atoms with E-state index in [4.69, 9.17) is 11.6 Å². The predicted molar refractivity (Wildman–Crippen MR) is 69.3 cm³/mol. The number of halogens is 1. The van der Waals surface area contributed by atoms with E-state index in [0.29, 0.717) is 10.7 Å². The van der Waals surface area contributed by atoms with Gasteiger partial charge in [-0.2, -0.15) is 0 Å². The second kappa shape index (κ2) is 5.12. The van der Waals surface area contributed by atoms with Crippen molar-refractivity contribution >= 4 is 34.1 Å². The highest BCUT2D eigenvalue weighted by atomic mass is 35.5. The van der Waals surface area contributed by atoms with Crippen LogP contribution in [0.3, 0.4) is 0 Å². The van der Waals surface area contributed by atoms with Crippen LogP contribution < -0.4 is 10.6 Å². The molecular formula is C12H12ClN3O. The van der Waals surface area contributed by atoms with Crippen molar-refractivity contribution in [3.8, 4) is 0 Å². The maximum Gasteiger partial charge on any atom is 0.238 e. The minimum atomic E-state index is -0.123. The highest BCUT2D eigenvalue weighted by molar-refractivity contribution is 6.32. The molecule has 88 valence electrons. The first-order valence-corrected chi connectivity index (χ1v) is 5.57. The van der Waals surface area contributed by atoms with Crippen LogP contribution in [-0.4, -0.2) is 24.5 Å². The van der Waals surface area contributed by atoms with Gasteiger partial charge in [0.25, 0.3) is 0 Å². The number of nitrogens with one attached hydrogen (secondary N) is 2. The highest BCUT2D eigenvalue weighted by Crippen LogP contribution is 2.26. The number of rotatable bonds is 3. The molecule has 1 aromatic heterocycles. The number of hydrogen-bond acceptors (Lipinski definition) is 3. The van der Waals surface area contributed by atoms with Crippen LogP contribution >= 0.6 is 11.6 Å². The number of pyridine rings is 1. The molecule has 1 aromatic carbocycles. The number of amides is 1. The Bertz CT molecular complexity index is 556. The smallest absolute Gasteiger partial charge is 0.238 e. The molecule has 1 amide bonds. The topological polar surface area (TPSA) is 54.0 Å². The lowest BCUT2D eigenvalue weighted by molar-refractivity contribution is -0.115. The zero-order chi connectivity index (χ0) is 12.3. The molecule has 0 atom stereocenters. The second-order valence-electron chi connectivity index (χ2n) is 3.61. The number of hydrogen-bond donors (Lipinski definition) is 2. The Balaban J connectivity index is 2.42. The molecule has 0 unspecified atom stereocenters. The van der Waals surface area contributed by atoms with Crippen molar-refractivity contribution < 1.29 is 4.79 Å². The molecule has 0 aliphatic carbocycles. The molecule has 2 aromatic rings. The molecule has 0 aliphatic rings. The molecule has 17 heavy (non-hydrogen) atoms. The van der Waals surface area contributed by atoms with E-state index in [0.717, 1.165) is 10.9 Å². The van der Waals surface area contributed by atoms with Crippen molar-refractivity contribution in [2.45, 2.75) is 0 Å². The van der Waals surface area contributed by atoms with E-state index in [1.165, 1.54) is 0 Å². The van der Waals surface area contributed by atoms with E-state index in [-0.39, 0.29) is 12.5 Å². The Kier molecular flexibility index (Phi) is 3.56. The predicted octanol–water partition coefficient (Wildman–Crippen LogP) is 2.05.